The van der Waals surface area contributed by atoms with E-state index >= 15 is 0 Å². The average molecular weight is 378 g/mol. The van der Waals surface area contributed by atoms with Crippen LogP contribution in [0.4, 0.5) is 5.69 Å². The lowest BCUT2D eigenvalue weighted by molar-refractivity contribution is 0.278. The molecule has 1 aliphatic heterocycles. The van der Waals surface area contributed by atoms with Gasteiger partial charge in [0, 0.05) is 37.6 Å². The second-order valence-corrected chi connectivity index (χ2v) is 7.89. The summed E-state index contributed by atoms with van der Waals surface area (Å²) in [5.41, 5.74) is 2.53. The van der Waals surface area contributed by atoms with Gasteiger partial charge in [-0.1, -0.05) is 12.1 Å². The maximum absolute atomic E-state index is 5.67. The van der Waals surface area contributed by atoms with E-state index in [-0.39, 0.29) is 0 Å². The lowest BCUT2D eigenvalue weighted by atomic mass is 10.3. The fourth-order valence-electron chi connectivity index (χ4n) is 2.92. The Morgan fingerprint density at radius 1 is 1.21 bits per heavy atom. The number of hydrogen-bond acceptors (Lipinski definition) is 4. The summed E-state index contributed by atoms with van der Waals surface area (Å²) in [6.45, 7) is 5.25. The quantitative estimate of drug-likeness (QED) is 0.628. The number of anilines is 1. The zero-order valence-corrected chi connectivity index (χ0v) is 16.4. The summed E-state index contributed by atoms with van der Waals surface area (Å²) in [7, 11) is 0. The fourth-order valence-corrected chi connectivity index (χ4v) is 4.42. The van der Waals surface area contributed by atoms with Crippen LogP contribution in [0, 0.1) is 0 Å². The number of para-hydroxylation sites is 1. The number of benzene rings is 1. The lowest BCUT2D eigenvalue weighted by Gasteiger charge is -2.25. The Morgan fingerprint density at radius 3 is 2.88 bits per heavy atom. The maximum Gasteiger partial charge on any atom is 0.173 e. The fraction of sp³-hybridized carbons (Fsp3) is 0.389. The molecule has 1 N–H and O–H groups in total. The minimum Gasteiger partial charge on any atom is -0.348 e. The van der Waals surface area contributed by atoms with Gasteiger partial charge >= 0.3 is 0 Å². The first-order valence-electron chi connectivity index (χ1n) is 8.18. The Morgan fingerprint density at radius 2 is 2.08 bits per heavy atom. The number of hydrogen-bond donors (Lipinski definition) is 1. The Labute approximate surface area is 158 Å². The van der Waals surface area contributed by atoms with Crippen LogP contribution in [0.15, 0.2) is 46.0 Å². The third-order valence-corrected chi connectivity index (χ3v) is 6.10. The first-order chi connectivity index (χ1) is 11.8. The van der Waals surface area contributed by atoms with Crippen LogP contribution in [0.3, 0.4) is 0 Å². The smallest absolute Gasteiger partial charge is 0.173 e. The molecule has 1 aliphatic rings. The summed E-state index contributed by atoms with van der Waals surface area (Å²) >= 11 is 9.18. The topological polar surface area (TPSA) is 18.5 Å². The Kier molecular flexibility index (Phi) is 6.54. The molecule has 24 heavy (non-hydrogen) atoms. The molecule has 2 heterocycles. The first-order valence-corrected chi connectivity index (χ1v) is 10.8. The molecule has 0 atom stereocenters. The van der Waals surface area contributed by atoms with Gasteiger partial charge in [-0.25, -0.2) is 0 Å². The molecule has 0 saturated carbocycles. The molecule has 0 amide bonds. The van der Waals surface area contributed by atoms with Gasteiger partial charge in [-0.15, -0.1) is 11.8 Å². The van der Waals surface area contributed by atoms with E-state index in [2.05, 4.69) is 62.5 Å². The number of nitrogens with zero attached hydrogens (tertiary/aromatic N) is 2. The van der Waals surface area contributed by atoms with Crippen molar-refractivity contribution in [3.8, 4) is 0 Å². The van der Waals surface area contributed by atoms with Gasteiger partial charge in [0.15, 0.2) is 5.11 Å². The molecule has 0 unspecified atom stereocenters. The van der Waals surface area contributed by atoms with Crippen molar-refractivity contribution in [2.24, 2.45) is 0 Å². The summed E-state index contributed by atoms with van der Waals surface area (Å²) < 4.78 is 0. The van der Waals surface area contributed by atoms with Gasteiger partial charge in [0.2, 0.25) is 0 Å². The van der Waals surface area contributed by atoms with E-state index in [0.29, 0.717) is 0 Å². The predicted molar refractivity (Wildman–Crippen MR) is 110 cm³/mol. The van der Waals surface area contributed by atoms with Gasteiger partial charge in [0.05, 0.1) is 5.69 Å². The highest BCUT2D eigenvalue weighted by molar-refractivity contribution is 7.98. The van der Waals surface area contributed by atoms with E-state index in [1.807, 2.05) is 0 Å². The van der Waals surface area contributed by atoms with Gasteiger partial charge in [-0.05, 0) is 59.4 Å². The zero-order chi connectivity index (χ0) is 16.8. The van der Waals surface area contributed by atoms with E-state index in [9.17, 15) is 0 Å². The van der Waals surface area contributed by atoms with E-state index in [0.717, 1.165) is 49.9 Å². The highest BCUT2D eigenvalue weighted by atomic mass is 32.2. The Bertz CT molecular complexity index is 657. The molecule has 1 fully saturated rings. The molecule has 0 aliphatic carbocycles. The van der Waals surface area contributed by atoms with Crippen LogP contribution < -0.4 is 5.32 Å². The standard InChI is InChI=1S/C18H23N3S3/c1-23-17-6-3-2-5-16(17)19-18(22)21-9-4-8-20(10-11-21)13-15-7-12-24-14-15/h2-3,5-7,12,14H,4,8-11,13H2,1H3,(H,19,22). The highest BCUT2D eigenvalue weighted by Gasteiger charge is 2.17. The second-order valence-electron chi connectivity index (χ2n) is 5.88. The molecule has 128 valence electrons. The molecule has 1 aromatic carbocycles. The summed E-state index contributed by atoms with van der Waals surface area (Å²) in [4.78, 5) is 6.06. The van der Waals surface area contributed by atoms with Gasteiger partial charge in [0.25, 0.3) is 0 Å². The Hall–Kier alpha value is -1.08. The molecule has 3 rings (SSSR count). The predicted octanol–water partition coefficient (Wildman–Crippen LogP) is 4.37. The molecule has 1 aromatic heterocycles. The minimum absolute atomic E-state index is 0.842. The summed E-state index contributed by atoms with van der Waals surface area (Å²) in [5.74, 6) is 0. The van der Waals surface area contributed by atoms with Crippen molar-refractivity contribution in [2.75, 3.05) is 37.8 Å². The molecule has 1 saturated heterocycles. The number of rotatable bonds is 4. The third-order valence-electron chi connectivity index (χ3n) is 4.21. The summed E-state index contributed by atoms with van der Waals surface area (Å²) in [5, 5.41) is 8.68. The van der Waals surface area contributed by atoms with Crippen LogP contribution in [-0.4, -0.2) is 47.3 Å². The van der Waals surface area contributed by atoms with Crippen LogP contribution in [0.5, 0.6) is 0 Å². The largest absolute Gasteiger partial charge is 0.348 e. The molecule has 0 radical (unpaired) electrons. The van der Waals surface area contributed by atoms with Crippen LogP contribution >= 0.6 is 35.3 Å². The maximum atomic E-state index is 5.67. The summed E-state index contributed by atoms with van der Waals surface area (Å²) in [6.07, 6.45) is 3.24. The van der Waals surface area contributed by atoms with E-state index in [1.54, 1.807) is 23.1 Å². The molecule has 0 bridgehead atoms. The molecular formula is C18H23N3S3. The average Bonchev–Trinajstić information content (AvgIpc) is 2.99. The van der Waals surface area contributed by atoms with Crippen molar-refractivity contribution >= 4 is 46.1 Å². The van der Waals surface area contributed by atoms with Gasteiger partial charge in [-0.2, -0.15) is 11.3 Å². The van der Waals surface area contributed by atoms with Crippen molar-refractivity contribution in [3.05, 3.63) is 46.7 Å². The highest BCUT2D eigenvalue weighted by Crippen LogP contribution is 2.25. The van der Waals surface area contributed by atoms with Gasteiger partial charge < -0.3 is 10.2 Å². The molecule has 2 aromatic rings. The number of thioether (sulfide) groups is 1. The molecule has 6 heteroatoms. The minimum atomic E-state index is 0.842. The normalized spacial score (nSPS) is 16.0. The van der Waals surface area contributed by atoms with Crippen molar-refractivity contribution in [3.63, 3.8) is 0 Å². The van der Waals surface area contributed by atoms with Crippen molar-refractivity contribution in [2.45, 2.75) is 17.9 Å². The van der Waals surface area contributed by atoms with Crippen LogP contribution in [0.2, 0.25) is 0 Å². The third kappa shape index (κ3) is 4.72. The molecule has 0 spiro atoms. The molecule has 3 nitrogen and oxygen atoms in total. The molecular weight excluding hydrogens is 354 g/mol. The zero-order valence-electron chi connectivity index (χ0n) is 13.9. The Balaban J connectivity index is 1.56. The first kappa shape index (κ1) is 17.7. The van der Waals surface area contributed by atoms with Gasteiger partial charge in [-0.3, -0.25) is 4.90 Å². The van der Waals surface area contributed by atoms with Crippen molar-refractivity contribution in [1.82, 2.24) is 9.80 Å². The van der Waals surface area contributed by atoms with E-state index in [4.69, 9.17) is 12.2 Å². The van der Waals surface area contributed by atoms with Gasteiger partial charge in [0.1, 0.15) is 0 Å². The van der Waals surface area contributed by atoms with Crippen molar-refractivity contribution in [1.29, 1.82) is 0 Å². The van der Waals surface area contributed by atoms with Crippen LogP contribution in [-0.2, 0) is 6.54 Å². The van der Waals surface area contributed by atoms with Crippen molar-refractivity contribution < 1.29 is 0 Å². The SMILES string of the molecule is CSc1ccccc1NC(=S)N1CCCN(Cc2ccsc2)CC1. The van der Waals surface area contributed by atoms with E-state index in [1.165, 1.54) is 10.5 Å². The monoisotopic (exact) mass is 377 g/mol. The second kappa shape index (κ2) is 8.85. The number of thiophene rings is 1. The number of thiocarbonyl (C=S) groups is 1. The lowest BCUT2D eigenvalue weighted by Crippen LogP contribution is -2.37. The number of nitrogens with one attached hydrogen (secondary N) is 1. The van der Waals surface area contributed by atoms with Crippen LogP contribution in [0.25, 0.3) is 0 Å². The van der Waals surface area contributed by atoms with E-state index < -0.39 is 0 Å². The van der Waals surface area contributed by atoms with Crippen LogP contribution in [0.1, 0.15) is 12.0 Å². The summed E-state index contributed by atoms with van der Waals surface area (Å²) in [6, 6.07) is 10.6.